The lowest BCUT2D eigenvalue weighted by molar-refractivity contribution is 0.590. The Morgan fingerprint density at radius 1 is 0.706 bits per heavy atom. The van der Waals surface area contributed by atoms with Crippen LogP contribution in [0.2, 0.25) is 0 Å². The predicted octanol–water partition coefficient (Wildman–Crippen LogP) is 8.13. The molecule has 0 saturated heterocycles. The molecule has 4 aromatic rings. The number of benzene rings is 3. The fourth-order valence-corrected chi connectivity index (χ4v) is 4.85. The van der Waals surface area contributed by atoms with E-state index in [-0.39, 0.29) is 10.8 Å². The molecule has 34 heavy (non-hydrogen) atoms. The van der Waals surface area contributed by atoms with Gasteiger partial charge in [-0.05, 0) is 46.1 Å². The molecule has 0 atom stereocenters. The monoisotopic (exact) mass is 469 g/mol. The molecule has 176 valence electrons. The van der Waals surface area contributed by atoms with Crippen LogP contribution in [0, 0.1) is 6.92 Å². The first-order valence-electron chi connectivity index (χ1n) is 11.9. The van der Waals surface area contributed by atoms with Crippen LogP contribution in [0.25, 0.3) is 17.1 Å². The van der Waals surface area contributed by atoms with E-state index in [1.165, 1.54) is 22.3 Å². The summed E-state index contributed by atoms with van der Waals surface area (Å²) in [6, 6.07) is 26.1. The van der Waals surface area contributed by atoms with Crippen LogP contribution < -0.4 is 0 Å². The van der Waals surface area contributed by atoms with Crippen LogP contribution in [0.15, 0.2) is 78.0 Å². The molecule has 1 aromatic heterocycles. The molecule has 0 N–H and O–H groups in total. The zero-order valence-electron chi connectivity index (χ0n) is 21.4. The van der Waals surface area contributed by atoms with Crippen LogP contribution in [-0.2, 0) is 16.6 Å². The highest BCUT2D eigenvalue weighted by Crippen LogP contribution is 2.32. The number of rotatable bonds is 5. The minimum Gasteiger partial charge on any atom is -0.270 e. The van der Waals surface area contributed by atoms with Crippen molar-refractivity contribution in [2.24, 2.45) is 0 Å². The maximum atomic E-state index is 4.65. The number of thioether (sulfide) groups is 1. The average molecular weight is 470 g/mol. The van der Waals surface area contributed by atoms with Crippen LogP contribution in [-0.4, -0.2) is 14.8 Å². The Kier molecular flexibility index (Phi) is 6.73. The third kappa shape index (κ3) is 5.28. The number of aryl methyl sites for hydroxylation is 1. The molecule has 0 fully saturated rings. The maximum Gasteiger partial charge on any atom is 0.196 e. The first kappa shape index (κ1) is 24.3. The third-order valence-corrected chi connectivity index (χ3v) is 7.19. The van der Waals surface area contributed by atoms with Crippen LogP contribution in [0.4, 0.5) is 0 Å². The van der Waals surface area contributed by atoms with Gasteiger partial charge in [-0.15, -0.1) is 10.2 Å². The number of aromatic nitrogens is 3. The molecule has 0 amide bonds. The van der Waals surface area contributed by atoms with Crippen molar-refractivity contribution < 1.29 is 0 Å². The second-order valence-corrected chi connectivity index (χ2v) is 11.9. The van der Waals surface area contributed by atoms with Crippen molar-refractivity contribution >= 4 is 11.8 Å². The van der Waals surface area contributed by atoms with Crippen molar-refractivity contribution in [2.45, 2.75) is 70.2 Å². The number of para-hydroxylation sites is 1. The summed E-state index contributed by atoms with van der Waals surface area (Å²) in [4.78, 5) is 0. The van der Waals surface area contributed by atoms with Gasteiger partial charge in [0.1, 0.15) is 0 Å². The SMILES string of the molecule is Cc1ccccc1-n1c(SCc2ccc(C(C)(C)C)cc2)nnc1-c1ccc(C(C)(C)C)cc1. The van der Waals surface area contributed by atoms with E-state index in [2.05, 4.69) is 136 Å². The zero-order valence-corrected chi connectivity index (χ0v) is 22.2. The van der Waals surface area contributed by atoms with E-state index in [4.69, 9.17) is 0 Å². The second-order valence-electron chi connectivity index (χ2n) is 11.0. The first-order chi connectivity index (χ1) is 16.0. The predicted molar refractivity (Wildman–Crippen MR) is 145 cm³/mol. The molecule has 0 aliphatic heterocycles. The molecule has 0 aliphatic rings. The maximum absolute atomic E-state index is 4.65. The Labute approximate surface area is 208 Å². The summed E-state index contributed by atoms with van der Waals surface area (Å²) >= 11 is 1.73. The van der Waals surface area contributed by atoms with Gasteiger partial charge in [-0.2, -0.15) is 0 Å². The average Bonchev–Trinajstić information content (AvgIpc) is 3.21. The minimum absolute atomic E-state index is 0.117. The van der Waals surface area contributed by atoms with Gasteiger partial charge in [0.05, 0.1) is 5.69 Å². The summed E-state index contributed by atoms with van der Waals surface area (Å²) in [5.74, 6) is 1.72. The molecule has 0 unspecified atom stereocenters. The van der Waals surface area contributed by atoms with E-state index in [0.717, 1.165) is 28.0 Å². The van der Waals surface area contributed by atoms with Gasteiger partial charge in [-0.3, -0.25) is 4.57 Å². The molecule has 0 bridgehead atoms. The first-order valence-corrected chi connectivity index (χ1v) is 12.9. The second kappa shape index (κ2) is 9.42. The van der Waals surface area contributed by atoms with E-state index in [1.807, 2.05) is 0 Å². The van der Waals surface area contributed by atoms with Crippen molar-refractivity contribution in [3.63, 3.8) is 0 Å². The van der Waals surface area contributed by atoms with Gasteiger partial charge in [-0.1, -0.05) is 120 Å². The van der Waals surface area contributed by atoms with Gasteiger partial charge in [-0.25, -0.2) is 0 Å². The lowest BCUT2D eigenvalue weighted by Gasteiger charge is -2.19. The highest BCUT2D eigenvalue weighted by Gasteiger charge is 2.19. The van der Waals surface area contributed by atoms with E-state index in [9.17, 15) is 0 Å². The molecule has 3 nitrogen and oxygen atoms in total. The van der Waals surface area contributed by atoms with Gasteiger partial charge in [0, 0.05) is 11.3 Å². The molecular formula is C30H35N3S. The van der Waals surface area contributed by atoms with Crippen molar-refractivity contribution in [3.8, 4) is 17.1 Å². The number of hydrogen-bond acceptors (Lipinski definition) is 3. The topological polar surface area (TPSA) is 30.7 Å². The minimum atomic E-state index is 0.117. The quantitative estimate of drug-likeness (QED) is 0.276. The summed E-state index contributed by atoms with van der Waals surface area (Å²) in [6.07, 6.45) is 0. The molecule has 0 spiro atoms. The van der Waals surface area contributed by atoms with Crippen LogP contribution in [0.3, 0.4) is 0 Å². The van der Waals surface area contributed by atoms with E-state index >= 15 is 0 Å². The Balaban J connectivity index is 1.68. The van der Waals surface area contributed by atoms with E-state index in [1.54, 1.807) is 11.8 Å². The third-order valence-electron chi connectivity index (χ3n) is 6.19. The van der Waals surface area contributed by atoms with E-state index in [0.29, 0.717) is 0 Å². The molecule has 0 aliphatic carbocycles. The van der Waals surface area contributed by atoms with Gasteiger partial charge >= 0.3 is 0 Å². The highest BCUT2D eigenvalue weighted by molar-refractivity contribution is 7.98. The molecule has 1 heterocycles. The van der Waals surface area contributed by atoms with Crippen molar-refractivity contribution in [3.05, 3.63) is 95.1 Å². The Hall–Kier alpha value is -2.85. The summed E-state index contributed by atoms with van der Waals surface area (Å²) in [5, 5.41) is 10.2. The van der Waals surface area contributed by atoms with Gasteiger partial charge in [0.2, 0.25) is 0 Å². The lowest BCUT2D eigenvalue weighted by Crippen LogP contribution is -2.10. The fourth-order valence-electron chi connectivity index (χ4n) is 3.95. The summed E-state index contributed by atoms with van der Waals surface area (Å²) in [5.41, 5.74) is 7.62. The normalized spacial score (nSPS) is 12.2. The molecular weight excluding hydrogens is 434 g/mol. The van der Waals surface area contributed by atoms with Crippen LogP contribution in [0.1, 0.15) is 63.8 Å². The van der Waals surface area contributed by atoms with Gasteiger partial charge in [0.15, 0.2) is 11.0 Å². The van der Waals surface area contributed by atoms with Crippen LogP contribution >= 0.6 is 11.8 Å². The van der Waals surface area contributed by atoms with E-state index < -0.39 is 0 Å². The summed E-state index contributed by atoms with van der Waals surface area (Å²) in [6.45, 7) is 15.6. The Morgan fingerprint density at radius 2 is 1.26 bits per heavy atom. The Bertz CT molecular complexity index is 1250. The number of hydrogen-bond donors (Lipinski definition) is 0. The molecule has 3 aromatic carbocycles. The molecule has 4 rings (SSSR count). The smallest absolute Gasteiger partial charge is 0.196 e. The lowest BCUT2D eigenvalue weighted by atomic mass is 9.86. The van der Waals surface area contributed by atoms with Crippen molar-refractivity contribution in [1.82, 2.24) is 14.8 Å². The molecule has 0 radical (unpaired) electrons. The van der Waals surface area contributed by atoms with Gasteiger partial charge < -0.3 is 0 Å². The number of nitrogens with zero attached hydrogens (tertiary/aromatic N) is 3. The standard InChI is InChI=1S/C30H35N3S/c1-21-10-8-9-11-26(21)33-27(23-14-18-25(19-15-23)30(5,6)7)31-32-28(33)34-20-22-12-16-24(17-13-22)29(2,3)4/h8-19H,20H2,1-7H3. The zero-order chi connectivity index (χ0) is 24.5. The fraction of sp³-hybridized carbons (Fsp3) is 0.333. The van der Waals surface area contributed by atoms with Crippen molar-refractivity contribution in [2.75, 3.05) is 0 Å². The highest BCUT2D eigenvalue weighted by atomic mass is 32.2. The summed E-state index contributed by atoms with van der Waals surface area (Å²) < 4.78 is 2.20. The summed E-state index contributed by atoms with van der Waals surface area (Å²) in [7, 11) is 0. The largest absolute Gasteiger partial charge is 0.270 e. The van der Waals surface area contributed by atoms with Crippen molar-refractivity contribution in [1.29, 1.82) is 0 Å². The Morgan fingerprint density at radius 3 is 1.82 bits per heavy atom. The van der Waals surface area contributed by atoms with Gasteiger partial charge in [0.25, 0.3) is 0 Å². The molecule has 4 heteroatoms. The molecule has 0 saturated carbocycles. The van der Waals surface area contributed by atoms with Crippen LogP contribution in [0.5, 0.6) is 0 Å².